The van der Waals surface area contributed by atoms with Crippen molar-refractivity contribution in [3.05, 3.63) is 41.4 Å². The fourth-order valence-electron chi connectivity index (χ4n) is 2.45. The molecule has 0 unspecified atom stereocenters. The molecule has 0 aliphatic heterocycles. The summed E-state index contributed by atoms with van der Waals surface area (Å²) in [5, 5.41) is 1.71. The average Bonchev–Trinajstić information content (AvgIpc) is 3.04. The SMILES string of the molecule is CC(C)CCn1c(SCc2ncc(Cl)n2C)nc2ccccc21. The fraction of sp³-hybridized carbons (Fsp3) is 0.412. The van der Waals surface area contributed by atoms with E-state index in [1.165, 1.54) is 5.52 Å². The lowest BCUT2D eigenvalue weighted by Crippen LogP contribution is -2.04. The number of hydrogen-bond donors (Lipinski definition) is 0. The number of rotatable bonds is 6. The first-order valence-corrected chi connectivity index (χ1v) is 9.16. The van der Waals surface area contributed by atoms with Crippen molar-refractivity contribution in [3.8, 4) is 0 Å². The van der Waals surface area contributed by atoms with Gasteiger partial charge in [-0.3, -0.25) is 0 Å². The smallest absolute Gasteiger partial charge is 0.169 e. The van der Waals surface area contributed by atoms with Crippen LogP contribution >= 0.6 is 23.4 Å². The standard InChI is InChI=1S/C17H21ClN4S/c1-12(2)8-9-22-14-7-5-4-6-13(14)20-17(22)23-11-16-19-10-15(18)21(16)3/h4-7,10,12H,8-9,11H2,1-3H3. The number of aromatic nitrogens is 4. The lowest BCUT2D eigenvalue weighted by Gasteiger charge is -2.10. The largest absolute Gasteiger partial charge is 0.322 e. The molecule has 0 amide bonds. The van der Waals surface area contributed by atoms with E-state index >= 15 is 0 Å². The summed E-state index contributed by atoms with van der Waals surface area (Å²) in [5.74, 6) is 2.39. The second-order valence-electron chi connectivity index (χ2n) is 6.06. The minimum atomic E-state index is 0.661. The molecule has 0 spiro atoms. The molecule has 122 valence electrons. The van der Waals surface area contributed by atoms with Gasteiger partial charge in [0.2, 0.25) is 0 Å². The molecule has 23 heavy (non-hydrogen) atoms. The maximum absolute atomic E-state index is 6.06. The summed E-state index contributed by atoms with van der Waals surface area (Å²) in [5.41, 5.74) is 2.25. The molecule has 6 heteroatoms. The second kappa shape index (κ2) is 6.97. The molecule has 0 atom stereocenters. The van der Waals surface area contributed by atoms with Crippen molar-refractivity contribution in [2.45, 2.75) is 37.7 Å². The summed E-state index contributed by atoms with van der Waals surface area (Å²) in [6.07, 6.45) is 2.83. The number of imidazole rings is 2. The van der Waals surface area contributed by atoms with Crippen molar-refractivity contribution in [1.82, 2.24) is 19.1 Å². The zero-order valence-electron chi connectivity index (χ0n) is 13.7. The van der Waals surface area contributed by atoms with Gasteiger partial charge in [0.25, 0.3) is 0 Å². The Balaban J connectivity index is 1.86. The molecule has 0 N–H and O–H groups in total. The van der Waals surface area contributed by atoms with Crippen molar-refractivity contribution in [2.75, 3.05) is 0 Å². The summed E-state index contributed by atoms with van der Waals surface area (Å²) in [6.45, 7) is 5.49. The van der Waals surface area contributed by atoms with Gasteiger partial charge in [-0.1, -0.05) is 49.3 Å². The molecule has 0 saturated heterocycles. The maximum atomic E-state index is 6.06. The van der Waals surface area contributed by atoms with E-state index in [0.717, 1.165) is 35.2 Å². The normalized spacial score (nSPS) is 11.7. The second-order valence-corrected chi connectivity index (χ2v) is 7.39. The molecular formula is C17H21ClN4S. The van der Waals surface area contributed by atoms with Crippen LogP contribution < -0.4 is 0 Å². The first-order chi connectivity index (χ1) is 11.1. The van der Waals surface area contributed by atoms with Crippen LogP contribution in [0.15, 0.2) is 35.6 Å². The molecular weight excluding hydrogens is 328 g/mol. The van der Waals surface area contributed by atoms with Gasteiger partial charge in [0.1, 0.15) is 11.0 Å². The van der Waals surface area contributed by atoms with Gasteiger partial charge in [0.05, 0.1) is 23.0 Å². The van der Waals surface area contributed by atoms with E-state index in [2.05, 4.69) is 41.6 Å². The van der Waals surface area contributed by atoms with Crippen LogP contribution in [0.25, 0.3) is 11.0 Å². The zero-order chi connectivity index (χ0) is 16.4. The molecule has 2 heterocycles. The summed E-state index contributed by atoms with van der Waals surface area (Å²) in [7, 11) is 1.94. The minimum Gasteiger partial charge on any atom is -0.322 e. The van der Waals surface area contributed by atoms with Crippen LogP contribution in [-0.4, -0.2) is 19.1 Å². The molecule has 1 aromatic carbocycles. The van der Waals surface area contributed by atoms with Crippen LogP contribution in [0.2, 0.25) is 5.15 Å². The highest BCUT2D eigenvalue weighted by Crippen LogP contribution is 2.27. The van der Waals surface area contributed by atoms with Crippen molar-refractivity contribution in [1.29, 1.82) is 0 Å². The number of nitrogens with zero attached hydrogens (tertiary/aromatic N) is 4. The number of aryl methyl sites for hydroxylation is 1. The van der Waals surface area contributed by atoms with Gasteiger partial charge in [0, 0.05) is 13.6 Å². The molecule has 0 radical (unpaired) electrons. The van der Waals surface area contributed by atoms with Crippen LogP contribution in [0.4, 0.5) is 0 Å². The molecule has 3 rings (SSSR count). The molecule has 4 nitrogen and oxygen atoms in total. The van der Waals surface area contributed by atoms with Gasteiger partial charge in [-0.05, 0) is 24.5 Å². The van der Waals surface area contributed by atoms with Gasteiger partial charge in [-0.2, -0.15) is 0 Å². The van der Waals surface area contributed by atoms with E-state index in [0.29, 0.717) is 11.1 Å². The average molecular weight is 349 g/mol. The van der Waals surface area contributed by atoms with Crippen LogP contribution in [-0.2, 0) is 19.3 Å². The number of para-hydroxylation sites is 2. The van der Waals surface area contributed by atoms with E-state index in [-0.39, 0.29) is 0 Å². The molecule has 0 bridgehead atoms. The first-order valence-electron chi connectivity index (χ1n) is 7.80. The Morgan fingerprint density at radius 1 is 1.26 bits per heavy atom. The Bertz CT molecular complexity index is 806. The van der Waals surface area contributed by atoms with Crippen LogP contribution in [0.5, 0.6) is 0 Å². The number of thioether (sulfide) groups is 1. The van der Waals surface area contributed by atoms with Crippen molar-refractivity contribution in [2.24, 2.45) is 13.0 Å². The van der Waals surface area contributed by atoms with Crippen molar-refractivity contribution >= 4 is 34.4 Å². The maximum Gasteiger partial charge on any atom is 0.169 e. The molecule has 0 aliphatic rings. The third-order valence-corrected chi connectivity index (χ3v) is 5.23. The van der Waals surface area contributed by atoms with Crippen LogP contribution in [0.3, 0.4) is 0 Å². The molecule has 0 fully saturated rings. The first kappa shape index (κ1) is 16.4. The van der Waals surface area contributed by atoms with Crippen LogP contribution in [0, 0.1) is 5.92 Å². The molecule has 0 aliphatic carbocycles. The van der Waals surface area contributed by atoms with Crippen LogP contribution in [0.1, 0.15) is 26.1 Å². The van der Waals surface area contributed by atoms with E-state index in [1.807, 2.05) is 17.7 Å². The Labute approximate surface area is 145 Å². The Morgan fingerprint density at radius 3 is 2.74 bits per heavy atom. The van der Waals surface area contributed by atoms with E-state index in [9.17, 15) is 0 Å². The monoisotopic (exact) mass is 348 g/mol. The van der Waals surface area contributed by atoms with Gasteiger partial charge < -0.3 is 9.13 Å². The topological polar surface area (TPSA) is 35.6 Å². The molecule has 0 saturated carbocycles. The number of halogens is 1. The molecule has 2 aromatic heterocycles. The summed E-state index contributed by atoms with van der Waals surface area (Å²) < 4.78 is 4.24. The number of fused-ring (bicyclic) bond motifs is 1. The third-order valence-electron chi connectivity index (χ3n) is 3.91. The van der Waals surface area contributed by atoms with Crippen molar-refractivity contribution < 1.29 is 0 Å². The lowest BCUT2D eigenvalue weighted by atomic mass is 10.1. The predicted molar refractivity (Wildman–Crippen MR) is 97.0 cm³/mol. The Kier molecular flexibility index (Phi) is 4.97. The lowest BCUT2D eigenvalue weighted by molar-refractivity contribution is 0.503. The number of hydrogen-bond acceptors (Lipinski definition) is 3. The van der Waals surface area contributed by atoms with Crippen molar-refractivity contribution in [3.63, 3.8) is 0 Å². The van der Waals surface area contributed by atoms with Gasteiger partial charge in [-0.15, -0.1) is 0 Å². The highest BCUT2D eigenvalue weighted by atomic mass is 35.5. The summed E-state index contributed by atoms with van der Waals surface area (Å²) in [6, 6.07) is 8.32. The van der Waals surface area contributed by atoms with Gasteiger partial charge in [-0.25, -0.2) is 9.97 Å². The zero-order valence-corrected chi connectivity index (χ0v) is 15.2. The Morgan fingerprint density at radius 2 is 2.04 bits per heavy atom. The predicted octanol–water partition coefficient (Wildman–Crippen LogP) is 4.76. The highest BCUT2D eigenvalue weighted by Gasteiger charge is 2.13. The van der Waals surface area contributed by atoms with Gasteiger partial charge >= 0.3 is 0 Å². The van der Waals surface area contributed by atoms with Gasteiger partial charge in [0.15, 0.2) is 5.16 Å². The minimum absolute atomic E-state index is 0.661. The third kappa shape index (κ3) is 3.56. The van der Waals surface area contributed by atoms with E-state index in [4.69, 9.17) is 16.6 Å². The summed E-state index contributed by atoms with van der Waals surface area (Å²) >= 11 is 7.78. The quantitative estimate of drug-likeness (QED) is 0.602. The fourth-order valence-corrected chi connectivity index (χ4v) is 3.64. The summed E-state index contributed by atoms with van der Waals surface area (Å²) in [4.78, 5) is 9.16. The van der Waals surface area contributed by atoms with E-state index in [1.54, 1.807) is 18.0 Å². The molecule has 3 aromatic rings. The highest BCUT2D eigenvalue weighted by molar-refractivity contribution is 7.98. The number of benzene rings is 1. The van der Waals surface area contributed by atoms with E-state index < -0.39 is 0 Å². The Hall–Kier alpha value is -1.46.